The van der Waals surface area contributed by atoms with Crippen LogP contribution in [0.3, 0.4) is 0 Å². The van der Waals surface area contributed by atoms with Gasteiger partial charge in [0.25, 0.3) is 0 Å². The third-order valence-electron chi connectivity index (χ3n) is 3.27. The van der Waals surface area contributed by atoms with Crippen molar-refractivity contribution in [3.8, 4) is 0 Å². The van der Waals surface area contributed by atoms with E-state index in [2.05, 4.69) is 0 Å². The molecule has 0 radical (unpaired) electrons. The lowest BCUT2D eigenvalue weighted by Crippen LogP contribution is -2.49. The van der Waals surface area contributed by atoms with E-state index in [1.165, 1.54) is 6.92 Å². The molecular formula is C15H27NO5SSi. The van der Waals surface area contributed by atoms with Crippen molar-refractivity contribution in [1.82, 2.24) is 0 Å². The van der Waals surface area contributed by atoms with E-state index in [1.54, 1.807) is 30.3 Å². The van der Waals surface area contributed by atoms with Gasteiger partial charge in [0.2, 0.25) is 9.84 Å². The summed E-state index contributed by atoms with van der Waals surface area (Å²) < 4.78 is 42.7. The Morgan fingerprint density at radius 1 is 1.13 bits per heavy atom. The summed E-state index contributed by atoms with van der Waals surface area (Å²) in [6.45, 7) is 6.46. The van der Waals surface area contributed by atoms with Crippen molar-refractivity contribution < 1.29 is 21.7 Å². The summed E-state index contributed by atoms with van der Waals surface area (Å²) in [5, 5.41) is 0. The molecule has 1 rings (SSSR count). The molecule has 0 aliphatic rings. The third-order valence-corrected chi connectivity index (χ3v) is 8.48. The van der Waals surface area contributed by atoms with Gasteiger partial charge in [0, 0.05) is 19.3 Å². The number of hydrogen-bond donors (Lipinski definition) is 1. The molecule has 0 bridgehead atoms. The highest BCUT2D eigenvalue weighted by Crippen LogP contribution is 2.25. The van der Waals surface area contributed by atoms with E-state index in [9.17, 15) is 8.42 Å². The largest absolute Gasteiger partial charge is 0.502 e. The van der Waals surface area contributed by atoms with Gasteiger partial charge in [0.1, 0.15) is 0 Å². The van der Waals surface area contributed by atoms with Crippen molar-refractivity contribution in [3.63, 3.8) is 0 Å². The van der Waals surface area contributed by atoms with E-state index in [0.717, 1.165) is 0 Å². The summed E-state index contributed by atoms with van der Waals surface area (Å²) in [5.74, 6) is 0. The van der Waals surface area contributed by atoms with Crippen molar-refractivity contribution in [2.45, 2.75) is 43.6 Å². The lowest BCUT2D eigenvalue weighted by Gasteiger charge is -2.31. The van der Waals surface area contributed by atoms with E-state index in [4.69, 9.17) is 19.0 Å². The number of sulfone groups is 1. The minimum absolute atomic E-state index is 0.224. The molecule has 0 heterocycles. The van der Waals surface area contributed by atoms with Crippen LogP contribution in [0.2, 0.25) is 6.04 Å². The SMILES string of the molecule is CCO[Si](CCCN)(OCC)OC(C)S(=O)(=O)c1ccccc1. The van der Waals surface area contributed by atoms with Crippen LogP contribution in [-0.2, 0) is 23.1 Å². The highest BCUT2D eigenvalue weighted by atomic mass is 32.2. The Morgan fingerprint density at radius 2 is 1.70 bits per heavy atom. The lowest BCUT2D eigenvalue weighted by atomic mass is 10.4. The molecule has 132 valence electrons. The molecule has 0 saturated heterocycles. The summed E-state index contributed by atoms with van der Waals surface area (Å²) in [7, 11) is -6.69. The monoisotopic (exact) mass is 361 g/mol. The highest BCUT2D eigenvalue weighted by molar-refractivity contribution is 7.92. The fraction of sp³-hybridized carbons (Fsp3) is 0.600. The van der Waals surface area contributed by atoms with Crippen LogP contribution in [0, 0.1) is 0 Å². The Balaban J connectivity index is 3.01. The second-order valence-corrected chi connectivity index (χ2v) is 9.89. The molecule has 8 heteroatoms. The second kappa shape index (κ2) is 9.51. The van der Waals surface area contributed by atoms with Crippen molar-refractivity contribution in [2.24, 2.45) is 5.73 Å². The maximum absolute atomic E-state index is 12.7. The molecule has 23 heavy (non-hydrogen) atoms. The molecule has 2 N–H and O–H groups in total. The molecule has 0 fully saturated rings. The molecule has 1 aromatic carbocycles. The lowest BCUT2D eigenvalue weighted by molar-refractivity contribution is 0.0598. The minimum Gasteiger partial charge on any atom is -0.374 e. The zero-order chi connectivity index (χ0) is 17.3. The summed E-state index contributed by atoms with van der Waals surface area (Å²) >= 11 is 0. The van der Waals surface area contributed by atoms with Crippen LogP contribution in [0.4, 0.5) is 0 Å². The fourth-order valence-electron chi connectivity index (χ4n) is 2.19. The van der Waals surface area contributed by atoms with Crippen LogP contribution < -0.4 is 5.73 Å². The standard InChI is InChI=1S/C15H27NO5SSi/c1-4-19-23(20-5-2,13-9-12-16)21-14(3)22(17,18)15-10-7-6-8-11-15/h6-8,10-11,14H,4-5,9,12-13,16H2,1-3H3. The smallest absolute Gasteiger partial charge is 0.374 e. The molecule has 0 aliphatic carbocycles. The van der Waals surface area contributed by atoms with Gasteiger partial charge in [-0.05, 0) is 45.9 Å². The Morgan fingerprint density at radius 3 is 2.17 bits per heavy atom. The third kappa shape index (κ3) is 5.66. The average molecular weight is 362 g/mol. The fourth-order valence-corrected chi connectivity index (χ4v) is 6.70. The van der Waals surface area contributed by atoms with Gasteiger partial charge in [-0.15, -0.1) is 0 Å². The van der Waals surface area contributed by atoms with Crippen LogP contribution in [0.5, 0.6) is 0 Å². The highest BCUT2D eigenvalue weighted by Gasteiger charge is 2.44. The second-order valence-electron chi connectivity index (χ2n) is 4.98. The van der Waals surface area contributed by atoms with Crippen molar-refractivity contribution in [1.29, 1.82) is 0 Å². The zero-order valence-corrected chi connectivity index (χ0v) is 15.8. The Hall–Kier alpha value is -0.773. The summed E-state index contributed by atoms with van der Waals surface area (Å²) in [5.41, 5.74) is 4.52. The molecule has 0 aliphatic heterocycles. The molecule has 0 amide bonds. The van der Waals surface area contributed by atoms with Crippen LogP contribution in [0.25, 0.3) is 0 Å². The predicted octanol–water partition coefficient (Wildman–Crippen LogP) is 2.18. The first-order valence-corrected chi connectivity index (χ1v) is 11.3. The first kappa shape index (κ1) is 20.3. The summed E-state index contributed by atoms with van der Waals surface area (Å²) in [6.07, 6.45) is 0.657. The van der Waals surface area contributed by atoms with Crippen LogP contribution in [0.15, 0.2) is 35.2 Å². The van der Waals surface area contributed by atoms with Crippen LogP contribution >= 0.6 is 0 Å². The summed E-state index contributed by atoms with van der Waals surface area (Å²) in [4.78, 5) is 0.224. The van der Waals surface area contributed by atoms with Gasteiger partial charge in [0.05, 0.1) is 4.90 Å². The number of hydrogen-bond acceptors (Lipinski definition) is 6. The van der Waals surface area contributed by atoms with Gasteiger partial charge in [-0.25, -0.2) is 8.42 Å². The zero-order valence-electron chi connectivity index (χ0n) is 14.0. The van der Waals surface area contributed by atoms with Gasteiger partial charge >= 0.3 is 8.80 Å². The van der Waals surface area contributed by atoms with Crippen LogP contribution in [0.1, 0.15) is 27.2 Å². The molecule has 0 spiro atoms. The van der Waals surface area contributed by atoms with E-state index in [0.29, 0.717) is 32.2 Å². The van der Waals surface area contributed by atoms with Crippen molar-refractivity contribution >= 4 is 18.6 Å². The van der Waals surface area contributed by atoms with Gasteiger partial charge in [-0.2, -0.15) is 0 Å². The number of benzene rings is 1. The van der Waals surface area contributed by atoms with Gasteiger partial charge in [-0.1, -0.05) is 18.2 Å². The Kier molecular flexibility index (Phi) is 8.38. The maximum Gasteiger partial charge on any atom is 0.502 e. The quantitative estimate of drug-likeness (QED) is 0.608. The molecule has 1 unspecified atom stereocenters. The van der Waals surface area contributed by atoms with Gasteiger partial charge < -0.3 is 19.0 Å². The molecule has 0 saturated carbocycles. The molecule has 6 nitrogen and oxygen atoms in total. The first-order valence-electron chi connectivity index (χ1n) is 7.86. The molecular weight excluding hydrogens is 334 g/mol. The summed E-state index contributed by atoms with van der Waals surface area (Å²) in [6, 6.07) is 8.75. The van der Waals surface area contributed by atoms with E-state index in [-0.39, 0.29) is 4.90 Å². The van der Waals surface area contributed by atoms with E-state index in [1.807, 2.05) is 13.8 Å². The van der Waals surface area contributed by atoms with E-state index < -0.39 is 24.1 Å². The molecule has 1 atom stereocenters. The van der Waals surface area contributed by atoms with Crippen molar-refractivity contribution in [3.05, 3.63) is 30.3 Å². The molecule has 0 aromatic heterocycles. The van der Waals surface area contributed by atoms with Crippen LogP contribution in [-0.4, -0.2) is 42.4 Å². The Labute approximate surface area is 140 Å². The predicted molar refractivity (Wildman–Crippen MR) is 91.7 cm³/mol. The Bertz CT molecular complexity index is 546. The topological polar surface area (TPSA) is 87.8 Å². The van der Waals surface area contributed by atoms with E-state index >= 15 is 0 Å². The maximum atomic E-state index is 12.7. The number of rotatable bonds is 11. The van der Waals surface area contributed by atoms with Crippen molar-refractivity contribution in [2.75, 3.05) is 19.8 Å². The normalized spacial score (nSPS) is 13.9. The first-order chi connectivity index (χ1) is 10.9. The minimum atomic E-state index is -3.61. The van der Waals surface area contributed by atoms with Gasteiger partial charge in [0.15, 0.2) is 5.44 Å². The van der Waals surface area contributed by atoms with Gasteiger partial charge in [-0.3, -0.25) is 0 Å². The molecule has 1 aromatic rings. The average Bonchev–Trinajstić information content (AvgIpc) is 2.54. The number of nitrogens with two attached hydrogens (primary N) is 1.